The molecule has 0 radical (unpaired) electrons. The van der Waals surface area contributed by atoms with Crippen LogP contribution < -0.4 is 29.9 Å². The van der Waals surface area contributed by atoms with Crippen LogP contribution in [0.4, 0.5) is 29.7 Å². The molecule has 3 aliphatic rings. The van der Waals surface area contributed by atoms with Crippen LogP contribution in [-0.4, -0.2) is 101 Å². The molecule has 2 aromatic carbocycles. The highest BCUT2D eigenvalue weighted by Gasteiger charge is 2.34. The fraction of sp³-hybridized carbons (Fsp3) is 0.407. The smallest absolute Gasteiger partial charge is 0.414 e. The van der Waals surface area contributed by atoms with Gasteiger partial charge in [-0.25, -0.2) is 18.4 Å². The van der Waals surface area contributed by atoms with Crippen molar-refractivity contribution < 1.29 is 46.9 Å². The van der Waals surface area contributed by atoms with Crippen molar-refractivity contribution in [2.75, 3.05) is 75.9 Å². The summed E-state index contributed by atoms with van der Waals surface area (Å²) in [6.07, 6.45) is -2.22. The first-order valence-corrected chi connectivity index (χ1v) is 13.2. The van der Waals surface area contributed by atoms with Crippen molar-refractivity contribution in [3.8, 4) is 11.5 Å². The Morgan fingerprint density at radius 1 is 0.976 bits per heavy atom. The first kappa shape index (κ1) is 28.7. The molecule has 2 aromatic rings. The summed E-state index contributed by atoms with van der Waals surface area (Å²) in [4.78, 5) is 52.8. The summed E-state index contributed by atoms with van der Waals surface area (Å²) < 4.78 is 50.8. The number of hydrogen-bond donors (Lipinski definition) is 2. The Kier molecular flexibility index (Phi) is 8.45. The Morgan fingerprint density at radius 3 is 2.36 bits per heavy atom. The summed E-state index contributed by atoms with van der Waals surface area (Å²) in [5.41, 5.74) is 0.0259. The van der Waals surface area contributed by atoms with E-state index >= 15 is 8.78 Å². The molecule has 224 valence electrons. The molecule has 3 aliphatic heterocycles. The maximum atomic E-state index is 15.1. The zero-order chi connectivity index (χ0) is 29.8. The van der Waals surface area contributed by atoms with Crippen LogP contribution in [0.15, 0.2) is 30.3 Å². The van der Waals surface area contributed by atoms with Gasteiger partial charge in [0.15, 0.2) is 23.1 Å². The highest BCUT2D eigenvalue weighted by molar-refractivity contribution is 5.97. The molecule has 0 aliphatic carbocycles. The van der Waals surface area contributed by atoms with Crippen molar-refractivity contribution in [3.63, 3.8) is 0 Å². The van der Waals surface area contributed by atoms with E-state index in [4.69, 9.17) is 14.2 Å². The third kappa shape index (κ3) is 6.24. The van der Waals surface area contributed by atoms with Crippen LogP contribution in [0.25, 0.3) is 0 Å². The number of carbonyl (C=O) groups excluding carboxylic acids is 4. The molecule has 0 spiro atoms. The minimum Gasteiger partial charge on any atom is -0.486 e. The summed E-state index contributed by atoms with van der Waals surface area (Å²) in [5, 5.41) is 5.00. The quantitative estimate of drug-likeness (QED) is 0.492. The van der Waals surface area contributed by atoms with Crippen molar-refractivity contribution in [2.45, 2.75) is 6.10 Å². The highest BCUT2D eigenvalue weighted by atomic mass is 19.1. The molecule has 0 bridgehead atoms. The summed E-state index contributed by atoms with van der Waals surface area (Å²) in [6, 6.07) is 6.85. The van der Waals surface area contributed by atoms with Gasteiger partial charge in [0, 0.05) is 43.9 Å². The van der Waals surface area contributed by atoms with Crippen molar-refractivity contribution in [2.24, 2.45) is 0 Å². The van der Waals surface area contributed by atoms with Crippen LogP contribution in [0.1, 0.15) is 10.4 Å². The van der Waals surface area contributed by atoms with Crippen molar-refractivity contribution >= 4 is 35.4 Å². The predicted molar refractivity (Wildman–Crippen MR) is 143 cm³/mol. The molecule has 2 saturated heterocycles. The fourth-order valence-electron chi connectivity index (χ4n) is 4.85. The Morgan fingerprint density at radius 2 is 1.67 bits per heavy atom. The molecule has 5 rings (SSSR count). The van der Waals surface area contributed by atoms with Crippen LogP contribution in [0.5, 0.6) is 11.5 Å². The molecule has 4 amide bonds. The number of fused-ring (bicyclic) bond motifs is 1. The fourth-order valence-corrected chi connectivity index (χ4v) is 4.85. The van der Waals surface area contributed by atoms with Crippen LogP contribution in [0.3, 0.4) is 0 Å². The lowest BCUT2D eigenvalue weighted by Crippen LogP contribution is -2.51. The number of methoxy groups -OCH3 is 1. The van der Waals surface area contributed by atoms with E-state index in [2.05, 4.69) is 15.4 Å². The van der Waals surface area contributed by atoms with Gasteiger partial charge in [-0.05, 0) is 18.2 Å². The molecule has 2 fully saturated rings. The van der Waals surface area contributed by atoms with Gasteiger partial charge in [0.05, 0.1) is 32.4 Å². The van der Waals surface area contributed by atoms with Gasteiger partial charge in [-0.15, -0.1) is 0 Å². The molecule has 42 heavy (non-hydrogen) atoms. The lowest BCUT2D eigenvalue weighted by atomic mass is 10.1. The van der Waals surface area contributed by atoms with Gasteiger partial charge in [-0.1, -0.05) is 0 Å². The van der Waals surface area contributed by atoms with Crippen LogP contribution in [0, 0.1) is 11.6 Å². The Balaban J connectivity index is 1.13. The Bertz CT molecular complexity index is 1360. The number of piperazine rings is 1. The zero-order valence-corrected chi connectivity index (χ0v) is 22.7. The van der Waals surface area contributed by atoms with Gasteiger partial charge in [0.1, 0.15) is 25.0 Å². The van der Waals surface area contributed by atoms with Crippen LogP contribution in [-0.2, 0) is 14.3 Å². The van der Waals surface area contributed by atoms with E-state index in [0.717, 1.165) is 17.0 Å². The summed E-state index contributed by atoms with van der Waals surface area (Å²) in [6.45, 7) is 1.21. The third-order valence-corrected chi connectivity index (χ3v) is 7.00. The van der Waals surface area contributed by atoms with Crippen molar-refractivity contribution in [1.29, 1.82) is 0 Å². The molecule has 0 unspecified atom stereocenters. The number of carbonyl (C=O) groups is 4. The zero-order valence-electron chi connectivity index (χ0n) is 22.7. The standard InChI is InChI=1S/C27H29F2N5O8/c1-39-26(37)31-13-18-15-34(27(38)42-18)17-11-19(28)24(20(29)12-17)33-6-4-32(5-7-33)23(35)14-30-25(36)16-2-3-21-22(10-16)41-9-8-40-21/h2-3,10-12,18H,4-9,13-15H2,1H3,(H,30,36)(H,31,37)/t18-/m0/s1. The number of nitrogens with one attached hydrogen (secondary N) is 2. The number of anilines is 2. The number of hydrogen-bond acceptors (Lipinski definition) is 9. The van der Waals surface area contributed by atoms with Crippen molar-refractivity contribution in [3.05, 3.63) is 47.5 Å². The van der Waals surface area contributed by atoms with E-state index in [9.17, 15) is 19.2 Å². The monoisotopic (exact) mass is 589 g/mol. The molecule has 2 N–H and O–H groups in total. The number of benzene rings is 2. The maximum Gasteiger partial charge on any atom is 0.414 e. The average Bonchev–Trinajstić information content (AvgIpc) is 3.38. The van der Waals surface area contributed by atoms with Gasteiger partial charge in [-0.2, -0.15) is 0 Å². The Labute approximate surface area is 239 Å². The lowest BCUT2D eigenvalue weighted by molar-refractivity contribution is -0.130. The van der Waals surface area contributed by atoms with Gasteiger partial charge in [-0.3, -0.25) is 14.5 Å². The second-order valence-electron chi connectivity index (χ2n) is 9.66. The summed E-state index contributed by atoms with van der Waals surface area (Å²) in [7, 11) is 1.19. The van der Waals surface area contributed by atoms with Gasteiger partial charge < -0.3 is 39.4 Å². The lowest BCUT2D eigenvalue weighted by Gasteiger charge is -2.36. The molecule has 15 heteroatoms. The number of ether oxygens (including phenoxy) is 4. The number of rotatable bonds is 7. The normalized spacial score (nSPS) is 17.9. The van der Waals surface area contributed by atoms with E-state index in [1.54, 1.807) is 18.2 Å². The minimum absolute atomic E-state index is 0.0208. The second-order valence-corrected chi connectivity index (χ2v) is 9.66. The molecule has 3 heterocycles. The first-order chi connectivity index (χ1) is 20.2. The number of halogens is 2. The number of amides is 4. The molecular weight excluding hydrogens is 560 g/mol. The van der Waals surface area contributed by atoms with E-state index in [1.807, 2.05) is 0 Å². The van der Waals surface area contributed by atoms with Gasteiger partial charge in [0.25, 0.3) is 5.91 Å². The molecule has 13 nitrogen and oxygen atoms in total. The Hall–Kier alpha value is -4.82. The van der Waals surface area contributed by atoms with E-state index in [1.165, 1.54) is 16.9 Å². The van der Waals surface area contributed by atoms with Gasteiger partial charge >= 0.3 is 12.2 Å². The van der Waals surface area contributed by atoms with Crippen LogP contribution >= 0.6 is 0 Å². The van der Waals surface area contributed by atoms with E-state index in [0.29, 0.717) is 30.3 Å². The largest absolute Gasteiger partial charge is 0.486 e. The van der Waals surface area contributed by atoms with Crippen LogP contribution in [0.2, 0.25) is 0 Å². The minimum atomic E-state index is -0.875. The molecule has 1 atom stereocenters. The SMILES string of the molecule is COC(=O)NC[C@H]1CN(c2cc(F)c(N3CCN(C(=O)CNC(=O)c4ccc5c(c4)OCCO5)CC3)c(F)c2)C(=O)O1. The summed E-state index contributed by atoms with van der Waals surface area (Å²) in [5.74, 6) is -1.52. The number of alkyl carbamates (subject to hydrolysis) is 1. The van der Waals surface area contributed by atoms with E-state index < -0.39 is 35.8 Å². The van der Waals surface area contributed by atoms with Crippen molar-refractivity contribution in [1.82, 2.24) is 15.5 Å². The maximum absolute atomic E-state index is 15.1. The number of nitrogens with zero attached hydrogens (tertiary/aromatic N) is 3. The molecule has 0 saturated carbocycles. The second kappa shape index (κ2) is 12.4. The first-order valence-electron chi connectivity index (χ1n) is 13.2. The summed E-state index contributed by atoms with van der Waals surface area (Å²) >= 11 is 0. The predicted octanol–water partition coefficient (Wildman–Crippen LogP) is 1.50. The average molecular weight is 590 g/mol. The molecular formula is C27H29F2N5O8. The number of cyclic esters (lactones) is 1. The van der Waals surface area contributed by atoms with Gasteiger partial charge in [0.2, 0.25) is 5.91 Å². The van der Waals surface area contributed by atoms with E-state index in [-0.39, 0.29) is 63.1 Å². The topological polar surface area (TPSA) is 139 Å². The molecule has 0 aromatic heterocycles. The highest BCUT2D eigenvalue weighted by Crippen LogP contribution is 2.32. The third-order valence-electron chi connectivity index (χ3n) is 7.00.